The van der Waals surface area contributed by atoms with Gasteiger partial charge in [0.25, 0.3) is 5.91 Å². The first-order chi connectivity index (χ1) is 14.9. The van der Waals surface area contributed by atoms with E-state index in [1.807, 2.05) is 50.2 Å². The highest BCUT2D eigenvalue weighted by molar-refractivity contribution is 5.92. The molecule has 1 heterocycles. The minimum atomic E-state index is -0.462. The minimum absolute atomic E-state index is 0.0193. The summed E-state index contributed by atoms with van der Waals surface area (Å²) in [6.07, 6.45) is 1.59. The summed E-state index contributed by atoms with van der Waals surface area (Å²) in [4.78, 5) is 27.6. The predicted molar refractivity (Wildman–Crippen MR) is 124 cm³/mol. The van der Waals surface area contributed by atoms with Gasteiger partial charge in [0.05, 0.1) is 11.7 Å². The van der Waals surface area contributed by atoms with Crippen LogP contribution in [0.15, 0.2) is 65.6 Å². The summed E-state index contributed by atoms with van der Waals surface area (Å²) in [5, 5.41) is 7.26. The quantitative estimate of drug-likeness (QED) is 0.606. The molecule has 6 heteroatoms. The van der Waals surface area contributed by atoms with Gasteiger partial charge in [-0.25, -0.2) is 4.68 Å². The monoisotopic (exact) mass is 418 g/mol. The second kappa shape index (κ2) is 10.2. The SMILES string of the molecule is CCN(CC)[C@@H](CNC(=O)c1nn(-c2ccc(C)c(C)c2)ccc1=O)c1ccccc1. The smallest absolute Gasteiger partial charge is 0.275 e. The predicted octanol–water partition coefficient (Wildman–Crippen LogP) is 3.66. The zero-order valence-electron chi connectivity index (χ0n) is 18.6. The van der Waals surface area contributed by atoms with Crippen LogP contribution in [0.2, 0.25) is 0 Å². The molecule has 162 valence electrons. The molecule has 1 amide bonds. The molecule has 0 fully saturated rings. The summed E-state index contributed by atoms with van der Waals surface area (Å²) < 4.78 is 1.57. The van der Waals surface area contributed by atoms with Gasteiger partial charge < -0.3 is 5.32 Å². The van der Waals surface area contributed by atoms with Crippen LogP contribution in [0.25, 0.3) is 5.69 Å². The van der Waals surface area contributed by atoms with Crippen molar-refractivity contribution in [3.63, 3.8) is 0 Å². The number of carbonyl (C=O) groups excluding carboxylic acids is 1. The van der Waals surface area contributed by atoms with E-state index in [2.05, 4.69) is 41.3 Å². The van der Waals surface area contributed by atoms with Gasteiger partial charge >= 0.3 is 0 Å². The molecule has 0 aliphatic rings. The Kier molecular flexibility index (Phi) is 7.36. The van der Waals surface area contributed by atoms with E-state index in [-0.39, 0.29) is 11.7 Å². The Morgan fingerprint density at radius 2 is 1.74 bits per heavy atom. The van der Waals surface area contributed by atoms with E-state index in [4.69, 9.17) is 0 Å². The van der Waals surface area contributed by atoms with Gasteiger partial charge in [0, 0.05) is 18.8 Å². The maximum Gasteiger partial charge on any atom is 0.275 e. The lowest BCUT2D eigenvalue weighted by molar-refractivity contribution is 0.0927. The number of rotatable bonds is 8. The first-order valence-corrected chi connectivity index (χ1v) is 10.7. The molecular weight excluding hydrogens is 388 g/mol. The van der Waals surface area contributed by atoms with Crippen LogP contribution in [0, 0.1) is 13.8 Å². The van der Waals surface area contributed by atoms with Gasteiger partial charge in [0.15, 0.2) is 5.69 Å². The van der Waals surface area contributed by atoms with Crippen molar-refractivity contribution in [1.29, 1.82) is 0 Å². The second-order valence-electron chi connectivity index (χ2n) is 7.60. The molecule has 0 radical (unpaired) electrons. The Morgan fingerprint density at radius 1 is 1.03 bits per heavy atom. The van der Waals surface area contributed by atoms with Gasteiger partial charge in [-0.3, -0.25) is 14.5 Å². The lowest BCUT2D eigenvalue weighted by Crippen LogP contribution is -2.39. The minimum Gasteiger partial charge on any atom is -0.349 e. The van der Waals surface area contributed by atoms with Gasteiger partial charge in [-0.2, -0.15) is 5.10 Å². The molecule has 0 saturated carbocycles. The molecule has 0 saturated heterocycles. The summed E-state index contributed by atoms with van der Waals surface area (Å²) >= 11 is 0. The van der Waals surface area contributed by atoms with Crippen molar-refractivity contribution < 1.29 is 4.79 Å². The van der Waals surface area contributed by atoms with E-state index < -0.39 is 11.3 Å². The van der Waals surface area contributed by atoms with E-state index in [0.717, 1.165) is 29.9 Å². The second-order valence-corrected chi connectivity index (χ2v) is 7.60. The zero-order valence-corrected chi connectivity index (χ0v) is 18.6. The van der Waals surface area contributed by atoms with E-state index in [9.17, 15) is 9.59 Å². The summed E-state index contributed by atoms with van der Waals surface area (Å²) in [6, 6.07) is 17.4. The Labute approximate surface area is 183 Å². The van der Waals surface area contributed by atoms with Gasteiger partial charge in [-0.15, -0.1) is 0 Å². The molecule has 2 aromatic carbocycles. The van der Waals surface area contributed by atoms with Gasteiger partial charge in [-0.1, -0.05) is 50.2 Å². The first kappa shape index (κ1) is 22.4. The van der Waals surface area contributed by atoms with Crippen LogP contribution in [0.4, 0.5) is 0 Å². The van der Waals surface area contributed by atoms with E-state index in [1.54, 1.807) is 10.9 Å². The molecule has 3 rings (SSSR count). The molecule has 0 bridgehead atoms. The van der Waals surface area contributed by atoms with Crippen LogP contribution < -0.4 is 10.7 Å². The normalized spacial score (nSPS) is 12.0. The molecule has 6 nitrogen and oxygen atoms in total. The highest BCUT2D eigenvalue weighted by Gasteiger charge is 2.20. The number of aromatic nitrogens is 2. The number of nitrogens with zero attached hydrogens (tertiary/aromatic N) is 3. The molecule has 1 atom stereocenters. The molecular formula is C25H30N4O2. The molecule has 0 aliphatic heterocycles. The molecule has 31 heavy (non-hydrogen) atoms. The number of aryl methyl sites for hydroxylation is 2. The van der Waals surface area contributed by atoms with E-state index in [1.165, 1.54) is 11.6 Å². The fourth-order valence-corrected chi connectivity index (χ4v) is 3.65. The van der Waals surface area contributed by atoms with Crippen molar-refractivity contribution in [3.8, 4) is 5.69 Å². The molecule has 0 aliphatic carbocycles. The average Bonchev–Trinajstić information content (AvgIpc) is 2.79. The Bertz CT molecular complexity index is 1090. The highest BCUT2D eigenvalue weighted by Crippen LogP contribution is 2.19. The summed E-state index contributed by atoms with van der Waals surface area (Å²) in [5.41, 5.74) is 3.73. The van der Waals surface area contributed by atoms with Crippen molar-refractivity contribution in [2.24, 2.45) is 0 Å². The standard InChI is InChI=1S/C25H30N4O2/c1-5-28(6-2)22(20-10-8-7-9-11-20)17-26-25(31)24-23(30)14-15-29(27-24)21-13-12-18(3)19(4)16-21/h7-16,22H,5-6,17H2,1-4H3,(H,26,31)/t22-/m0/s1. The number of likely N-dealkylation sites (N-methyl/N-ethyl adjacent to an activating group) is 1. The number of nitrogens with one attached hydrogen (secondary N) is 1. The number of hydrogen-bond acceptors (Lipinski definition) is 4. The molecule has 0 unspecified atom stereocenters. The van der Waals surface area contributed by atoms with Gasteiger partial charge in [0.1, 0.15) is 0 Å². The first-order valence-electron chi connectivity index (χ1n) is 10.7. The van der Waals surface area contributed by atoms with Crippen LogP contribution in [0.5, 0.6) is 0 Å². The van der Waals surface area contributed by atoms with Crippen molar-refractivity contribution in [2.75, 3.05) is 19.6 Å². The lowest BCUT2D eigenvalue weighted by Gasteiger charge is -2.30. The number of benzene rings is 2. The maximum absolute atomic E-state index is 12.9. The summed E-state index contributed by atoms with van der Waals surface area (Å²) in [5.74, 6) is -0.462. The third kappa shape index (κ3) is 5.27. The van der Waals surface area contributed by atoms with Crippen molar-refractivity contribution in [3.05, 3.63) is 93.4 Å². The zero-order chi connectivity index (χ0) is 22.4. The Hall–Kier alpha value is -3.25. The molecule has 1 aromatic heterocycles. The van der Waals surface area contributed by atoms with Gasteiger partial charge in [0.2, 0.25) is 5.43 Å². The number of carbonyl (C=O) groups is 1. The lowest BCUT2D eigenvalue weighted by atomic mass is 10.0. The largest absolute Gasteiger partial charge is 0.349 e. The fourth-order valence-electron chi connectivity index (χ4n) is 3.65. The summed E-state index contributed by atoms with van der Waals surface area (Å²) in [6.45, 7) is 10.4. The third-order valence-corrected chi connectivity index (χ3v) is 5.67. The van der Waals surface area contributed by atoms with Crippen molar-refractivity contribution in [1.82, 2.24) is 20.0 Å². The average molecular weight is 419 g/mol. The summed E-state index contributed by atoms with van der Waals surface area (Å²) in [7, 11) is 0. The number of hydrogen-bond donors (Lipinski definition) is 1. The van der Waals surface area contributed by atoms with Crippen LogP contribution in [-0.4, -0.2) is 40.2 Å². The maximum atomic E-state index is 12.9. The van der Waals surface area contributed by atoms with E-state index in [0.29, 0.717) is 6.54 Å². The van der Waals surface area contributed by atoms with Crippen LogP contribution in [0.1, 0.15) is 47.1 Å². The Morgan fingerprint density at radius 3 is 2.39 bits per heavy atom. The van der Waals surface area contributed by atoms with Crippen LogP contribution >= 0.6 is 0 Å². The molecule has 0 spiro atoms. The third-order valence-electron chi connectivity index (χ3n) is 5.67. The van der Waals surface area contributed by atoms with Gasteiger partial charge in [-0.05, 0) is 55.8 Å². The molecule has 1 N–H and O–H groups in total. The fraction of sp³-hybridized carbons (Fsp3) is 0.320. The Balaban J connectivity index is 1.83. The van der Waals surface area contributed by atoms with Crippen LogP contribution in [-0.2, 0) is 0 Å². The van der Waals surface area contributed by atoms with Crippen molar-refractivity contribution in [2.45, 2.75) is 33.7 Å². The van der Waals surface area contributed by atoms with Crippen molar-refractivity contribution >= 4 is 5.91 Å². The number of amides is 1. The molecule has 3 aromatic rings. The highest BCUT2D eigenvalue weighted by atomic mass is 16.2. The topological polar surface area (TPSA) is 67.2 Å². The van der Waals surface area contributed by atoms with E-state index >= 15 is 0 Å². The van der Waals surface area contributed by atoms with Crippen LogP contribution in [0.3, 0.4) is 0 Å².